The number of nitrogens with one attached hydrogen (secondary N) is 4. The van der Waals surface area contributed by atoms with Crippen LogP contribution in [0.2, 0.25) is 0 Å². The number of rotatable bonds is 13. The van der Waals surface area contributed by atoms with Crippen molar-refractivity contribution in [3.8, 4) is 0 Å². The van der Waals surface area contributed by atoms with Crippen molar-refractivity contribution in [2.75, 3.05) is 0 Å². The van der Waals surface area contributed by atoms with Crippen molar-refractivity contribution in [1.82, 2.24) is 36.1 Å². The fourth-order valence-corrected chi connectivity index (χ4v) is 7.48. The number of aromatic nitrogens is 2. The lowest BCUT2D eigenvalue weighted by molar-refractivity contribution is -0.149. The van der Waals surface area contributed by atoms with Crippen LogP contribution in [0.3, 0.4) is 0 Å². The second-order valence-corrected chi connectivity index (χ2v) is 15.0. The van der Waals surface area contributed by atoms with Gasteiger partial charge in [-0.25, -0.2) is 13.8 Å². The van der Waals surface area contributed by atoms with Gasteiger partial charge in [-0.15, -0.1) is 0 Å². The van der Waals surface area contributed by atoms with Gasteiger partial charge in [0.15, 0.2) is 0 Å². The Balaban J connectivity index is 1.35. The molecule has 6 atom stereocenters. The van der Waals surface area contributed by atoms with E-state index in [9.17, 15) is 37.5 Å². The van der Waals surface area contributed by atoms with Gasteiger partial charge in [-0.2, -0.15) is 0 Å². The van der Waals surface area contributed by atoms with Gasteiger partial charge in [0.25, 0.3) is 11.8 Å². The number of hydrogen-bond acceptors (Lipinski definition) is 8. The molecule has 4 fully saturated rings. The zero-order chi connectivity index (χ0) is 35.5. The molecule has 1 unspecified atom stereocenters. The van der Waals surface area contributed by atoms with Gasteiger partial charge in [0.2, 0.25) is 29.9 Å². The Kier molecular flexibility index (Phi) is 11.3. The molecule has 49 heavy (non-hydrogen) atoms. The second-order valence-electron chi connectivity index (χ2n) is 15.0. The number of carbonyl (C=O) groups is 6. The lowest BCUT2D eigenvalue weighted by atomic mass is 9.81. The minimum Gasteiger partial charge on any atom is -0.347 e. The van der Waals surface area contributed by atoms with E-state index in [1.54, 1.807) is 20.8 Å². The Bertz CT molecular complexity index is 1410. The molecule has 5 rings (SSSR count). The molecule has 3 saturated carbocycles. The van der Waals surface area contributed by atoms with Gasteiger partial charge >= 0.3 is 0 Å². The first-order valence-electron chi connectivity index (χ1n) is 17.4. The number of halogens is 2. The Labute approximate surface area is 284 Å². The molecule has 4 N–H and O–H groups in total. The van der Waals surface area contributed by atoms with Crippen LogP contribution in [0, 0.1) is 17.3 Å². The summed E-state index contributed by atoms with van der Waals surface area (Å²) in [5.41, 5.74) is -0.786. The number of nitrogens with zero attached hydrogens (tertiary/aromatic N) is 3. The predicted molar refractivity (Wildman–Crippen MR) is 172 cm³/mol. The van der Waals surface area contributed by atoms with Crippen molar-refractivity contribution in [3.63, 3.8) is 0 Å². The fraction of sp³-hybridized carbons (Fsp3) is 0.706. The molecule has 1 aromatic rings. The molecule has 0 aromatic carbocycles. The Morgan fingerprint density at radius 1 is 0.918 bits per heavy atom. The van der Waals surface area contributed by atoms with E-state index in [0.29, 0.717) is 44.9 Å². The zero-order valence-corrected chi connectivity index (χ0v) is 28.3. The van der Waals surface area contributed by atoms with Gasteiger partial charge in [0, 0.05) is 30.9 Å². The van der Waals surface area contributed by atoms with Crippen molar-refractivity contribution in [3.05, 3.63) is 24.3 Å². The molecule has 5 amide bonds. The van der Waals surface area contributed by atoms with Crippen LogP contribution >= 0.6 is 0 Å². The third-order valence-corrected chi connectivity index (χ3v) is 10.2. The summed E-state index contributed by atoms with van der Waals surface area (Å²) in [6.07, 6.45) is 7.45. The lowest BCUT2D eigenvalue weighted by Gasteiger charge is -2.41. The van der Waals surface area contributed by atoms with Gasteiger partial charge in [0.05, 0.1) is 6.20 Å². The molecule has 1 saturated heterocycles. The Hall–Kier alpha value is -4.04. The molecule has 0 radical (unpaired) electrons. The Morgan fingerprint density at radius 2 is 1.63 bits per heavy atom. The summed E-state index contributed by atoms with van der Waals surface area (Å²) in [5, 5.41) is 10.6. The minimum absolute atomic E-state index is 0.0511. The number of likely N-dealkylation sites (tertiary alicyclic amines) is 1. The number of alkyl halides is 2. The van der Waals surface area contributed by atoms with Crippen molar-refractivity contribution >= 4 is 35.3 Å². The van der Waals surface area contributed by atoms with Crippen molar-refractivity contribution in [1.29, 1.82) is 0 Å². The molecule has 4 aliphatic rings. The average Bonchev–Trinajstić information content (AvgIpc) is 3.64. The molecule has 2 heterocycles. The molecule has 0 spiro atoms. The maximum absolute atomic E-state index is 14.5. The van der Waals surface area contributed by atoms with E-state index in [1.807, 2.05) is 0 Å². The van der Waals surface area contributed by atoms with E-state index >= 15 is 0 Å². The largest absolute Gasteiger partial charge is 0.347 e. The number of carbonyl (C=O) groups excluding carboxylic acids is 6. The molecule has 2 bridgehead atoms. The highest BCUT2D eigenvalue weighted by molar-refractivity contribution is 6.38. The molecule has 1 aliphatic heterocycles. The minimum atomic E-state index is -2.97. The summed E-state index contributed by atoms with van der Waals surface area (Å²) in [4.78, 5) is 90.2. The van der Waals surface area contributed by atoms with E-state index < -0.39 is 77.7 Å². The smallest absolute Gasteiger partial charge is 0.289 e. The van der Waals surface area contributed by atoms with Crippen LogP contribution in [-0.2, 0) is 24.0 Å². The van der Waals surface area contributed by atoms with E-state index in [1.165, 1.54) is 23.5 Å². The summed E-state index contributed by atoms with van der Waals surface area (Å²) in [6.45, 7) is 5.34. The third-order valence-electron chi connectivity index (χ3n) is 10.2. The topological polar surface area (TPSA) is 180 Å². The van der Waals surface area contributed by atoms with E-state index in [2.05, 4.69) is 31.2 Å². The van der Waals surface area contributed by atoms with Gasteiger partial charge < -0.3 is 26.2 Å². The SMILES string of the molecule is CC(C)(C)[C@H](NC(=O)[C@@H](NC(=O)c1cnccn1)C1CCCCC1)C(=O)N1[C@@H]2CC[C@@H](C2)[C@H]1C(=O)NC(CC(F)F)C(=O)C(=O)NC1CC1. The van der Waals surface area contributed by atoms with Gasteiger partial charge in [-0.3, -0.25) is 33.8 Å². The van der Waals surface area contributed by atoms with Crippen LogP contribution in [0.25, 0.3) is 0 Å². The maximum Gasteiger partial charge on any atom is 0.289 e. The van der Waals surface area contributed by atoms with E-state index in [4.69, 9.17) is 0 Å². The Morgan fingerprint density at radius 3 is 2.24 bits per heavy atom. The van der Waals surface area contributed by atoms with Gasteiger partial charge in [-0.05, 0) is 62.2 Å². The first kappa shape index (κ1) is 36.2. The normalized spacial score (nSPS) is 24.1. The number of piperidine rings is 1. The molecule has 15 heteroatoms. The monoisotopic (exact) mass is 687 g/mol. The van der Waals surface area contributed by atoms with Gasteiger partial charge in [0.1, 0.15) is 29.9 Å². The van der Waals surface area contributed by atoms with Crippen LogP contribution in [0.1, 0.15) is 102 Å². The molecular formula is C34H47F2N7O6. The lowest BCUT2D eigenvalue weighted by Crippen LogP contribution is -2.64. The summed E-state index contributed by atoms with van der Waals surface area (Å²) < 4.78 is 27.1. The van der Waals surface area contributed by atoms with Crippen LogP contribution in [0.5, 0.6) is 0 Å². The molecule has 1 aromatic heterocycles. The quantitative estimate of drug-likeness (QED) is 0.228. The van der Waals surface area contributed by atoms with E-state index in [0.717, 1.165) is 19.3 Å². The molecule has 13 nitrogen and oxygen atoms in total. The van der Waals surface area contributed by atoms with Crippen LogP contribution in [0.4, 0.5) is 8.78 Å². The van der Waals surface area contributed by atoms with Crippen molar-refractivity contribution in [2.45, 2.75) is 134 Å². The second kappa shape index (κ2) is 15.2. The number of amides is 5. The average molecular weight is 688 g/mol. The molecular weight excluding hydrogens is 640 g/mol. The molecule has 3 aliphatic carbocycles. The highest BCUT2D eigenvalue weighted by Gasteiger charge is 2.54. The number of Topliss-reactive ketones (excluding diaryl/α,β-unsaturated/α-hetero) is 1. The van der Waals surface area contributed by atoms with Crippen molar-refractivity contribution < 1.29 is 37.5 Å². The van der Waals surface area contributed by atoms with Crippen LogP contribution < -0.4 is 21.3 Å². The molecule has 268 valence electrons. The summed E-state index contributed by atoms with van der Waals surface area (Å²) in [6, 6.07) is -5.41. The number of hydrogen-bond donors (Lipinski definition) is 4. The van der Waals surface area contributed by atoms with Crippen LogP contribution in [-0.4, -0.2) is 92.9 Å². The fourth-order valence-electron chi connectivity index (χ4n) is 7.48. The van der Waals surface area contributed by atoms with Crippen molar-refractivity contribution in [2.24, 2.45) is 17.3 Å². The first-order chi connectivity index (χ1) is 23.2. The first-order valence-corrected chi connectivity index (χ1v) is 17.4. The zero-order valence-electron chi connectivity index (χ0n) is 28.3. The summed E-state index contributed by atoms with van der Waals surface area (Å²) in [5.74, 6) is -5.03. The van der Waals surface area contributed by atoms with E-state index in [-0.39, 0.29) is 29.6 Å². The number of ketones is 1. The third kappa shape index (κ3) is 8.77. The summed E-state index contributed by atoms with van der Waals surface area (Å²) >= 11 is 0. The highest BCUT2D eigenvalue weighted by Crippen LogP contribution is 2.44. The highest BCUT2D eigenvalue weighted by atomic mass is 19.3. The summed E-state index contributed by atoms with van der Waals surface area (Å²) in [7, 11) is 0. The number of fused-ring (bicyclic) bond motifs is 2. The maximum atomic E-state index is 14.5. The van der Waals surface area contributed by atoms with Gasteiger partial charge in [-0.1, -0.05) is 40.0 Å². The predicted octanol–water partition coefficient (Wildman–Crippen LogP) is 2.05. The van der Waals surface area contributed by atoms with Crippen LogP contribution in [0.15, 0.2) is 18.6 Å². The standard InChI is InChI=1S/C34H47F2N7O6/c1-34(2,3)28(42-30(46)25(18-7-5-4-6-8-18)41-29(45)23-17-37-13-14-38-23)33(49)43-21-12-9-19(15-21)26(43)31(47)40-22(16-24(35)36)27(44)32(48)39-20-10-11-20/h13-14,17-22,24-26,28H,4-12,15-16H2,1-3H3,(H,39,48)(H,40,47)(H,41,45)(H,42,46)/t19-,21+,22?,25-,26-,28+/m0/s1.